The van der Waals surface area contributed by atoms with Crippen molar-refractivity contribution >= 4 is 22.6 Å². The van der Waals surface area contributed by atoms with E-state index in [9.17, 15) is 5.26 Å². The maximum absolute atomic E-state index is 9.50. The van der Waals surface area contributed by atoms with Crippen LogP contribution in [0.3, 0.4) is 0 Å². The minimum Gasteiger partial charge on any atom is -0.497 e. The average molecular weight is 305 g/mol. The summed E-state index contributed by atoms with van der Waals surface area (Å²) >= 11 is 0. The van der Waals surface area contributed by atoms with Crippen LogP contribution in [-0.4, -0.2) is 24.4 Å². The highest BCUT2D eigenvalue weighted by atomic mass is 16.5. The molecule has 0 fully saturated rings. The summed E-state index contributed by atoms with van der Waals surface area (Å²) in [6.45, 7) is 0. The number of nitriles is 1. The number of nitrogens with zero attached hydrogens (tertiary/aromatic N) is 2. The summed E-state index contributed by atoms with van der Waals surface area (Å²) in [6, 6.07) is 15.3. The molecule has 1 heterocycles. The average Bonchev–Trinajstić information content (AvgIpc) is 3.03. The second-order valence-electron chi connectivity index (χ2n) is 4.93. The lowest BCUT2D eigenvalue weighted by atomic mass is 10.1. The lowest BCUT2D eigenvalue weighted by Gasteiger charge is -2.01. The lowest BCUT2D eigenvalue weighted by molar-refractivity contribution is 0.415. The Kier molecular flexibility index (Phi) is 3.98. The first-order chi connectivity index (χ1) is 11.2. The van der Waals surface area contributed by atoms with Gasteiger partial charge in [0.15, 0.2) is 0 Å². The van der Waals surface area contributed by atoms with Gasteiger partial charge in [-0.05, 0) is 35.9 Å². The number of rotatable bonds is 4. The van der Waals surface area contributed by atoms with Crippen LogP contribution in [0.2, 0.25) is 0 Å². The van der Waals surface area contributed by atoms with Gasteiger partial charge in [-0.25, -0.2) is 0 Å². The van der Waals surface area contributed by atoms with Gasteiger partial charge in [-0.3, -0.25) is 5.10 Å². The molecule has 0 aliphatic rings. The molecule has 0 aliphatic heterocycles. The molecule has 1 N–H and O–H groups in total. The molecular formula is C18H15N3O2. The molecule has 0 radical (unpaired) electrons. The summed E-state index contributed by atoms with van der Waals surface area (Å²) in [7, 11) is 3.23. The highest BCUT2D eigenvalue weighted by Crippen LogP contribution is 2.27. The smallest absolute Gasteiger partial charge is 0.121 e. The van der Waals surface area contributed by atoms with Crippen LogP contribution < -0.4 is 9.47 Å². The zero-order chi connectivity index (χ0) is 16.2. The van der Waals surface area contributed by atoms with Gasteiger partial charge in [-0.15, -0.1) is 0 Å². The van der Waals surface area contributed by atoms with Crippen molar-refractivity contribution in [2.75, 3.05) is 14.2 Å². The quantitative estimate of drug-likeness (QED) is 0.747. The molecule has 0 unspecified atom stereocenters. The summed E-state index contributed by atoms with van der Waals surface area (Å²) in [5.74, 6) is 1.52. The van der Waals surface area contributed by atoms with Gasteiger partial charge in [0.25, 0.3) is 0 Å². The number of methoxy groups -OCH3 is 2. The van der Waals surface area contributed by atoms with E-state index in [0.29, 0.717) is 11.3 Å². The molecular weight excluding hydrogens is 290 g/mol. The van der Waals surface area contributed by atoms with Gasteiger partial charge in [0.2, 0.25) is 0 Å². The minimum absolute atomic E-state index is 0.492. The molecule has 0 spiro atoms. The largest absolute Gasteiger partial charge is 0.497 e. The Hall–Kier alpha value is -3.26. The molecule has 3 aromatic rings. The number of nitrogens with one attached hydrogen (secondary N) is 1. The van der Waals surface area contributed by atoms with Crippen molar-refractivity contribution < 1.29 is 9.47 Å². The Balaban J connectivity index is 2.03. The van der Waals surface area contributed by atoms with E-state index in [0.717, 1.165) is 28.0 Å². The van der Waals surface area contributed by atoms with E-state index < -0.39 is 0 Å². The molecule has 114 valence electrons. The van der Waals surface area contributed by atoms with Crippen LogP contribution in [0.15, 0.2) is 42.5 Å². The van der Waals surface area contributed by atoms with Gasteiger partial charge >= 0.3 is 0 Å². The standard InChI is InChI=1S/C18H15N3O2/c1-22-14-5-3-12(4-6-14)9-13(11-19)18-16-8-7-15(23-2)10-17(16)20-21-18/h3-10H,1-2H3,(H,20,21). The highest BCUT2D eigenvalue weighted by molar-refractivity contribution is 5.99. The zero-order valence-corrected chi connectivity index (χ0v) is 12.8. The predicted molar refractivity (Wildman–Crippen MR) is 89.1 cm³/mol. The van der Waals surface area contributed by atoms with Crippen LogP contribution in [0.4, 0.5) is 0 Å². The van der Waals surface area contributed by atoms with E-state index >= 15 is 0 Å². The summed E-state index contributed by atoms with van der Waals surface area (Å²) in [4.78, 5) is 0. The van der Waals surface area contributed by atoms with Gasteiger partial charge < -0.3 is 9.47 Å². The van der Waals surface area contributed by atoms with E-state index in [4.69, 9.17) is 9.47 Å². The second-order valence-corrected chi connectivity index (χ2v) is 4.93. The van der Waals surface area contributed by atoms with Crippen molar-refractivity contribution in [2.45, 2.75) is 0 Å². The third-order valence-corrected chi connectivity index (χ3v) is 3.57. The fourth-order valence-corrected chi connectivity index (χ4v) is 2.35. The monoisotopic (exact) mass is 305 g/mol. The normalized spacial score (nSPS) is 11.3. The fourth-order valence-electron chi connectivity index (χ4n) is 2.35. The van der Waals surface area contributed by atoms with E-state index in [2.05, 4.69) is 16.3 Å². The van der Waals surface area contributed by atoms with Crippen LogP contribution in [0.25, 0.3) is 22.6 Å². The second kappa shape index (κ2) is 6.24. The number of fused-ring (bicyclic) bond motifs is 1. The number of hydrogen-bond donors (Lipinski definition) is 1. The summed E-state index contributed by atoms with van der Waals surface area (Å²) < 4.78 is 10.3. The summed E-state index contributed by atoms with van der Waals surface area (Å²) in [5, 5.41) is 17.6. The molecule has 0 atom stereocenters. The fraction of sp³-hybridized carbons (Fsp3) is 0.111. The zero-order valence-electron chi connectivity index (χ0n) is 12.8. The molecule has 1 aromatic heterocycles. The Morgan fingerprint density at radius 1 is 1.09 bits per heavy atom. The molecule has 5 nitrogen and oxygen atoms in total. The lowest BCUT2D eigenvalue weighted by Crippen LogP contribution is -1.85. The van der Waals surface area contributed by atoms with Crippen LogP contribution in [0.5, 0.6) is 11.5 Å². The molecule has 0 saturated carbocycles. The minimum atomic E-state index is 0.492. The molecule has 5 heteroatoms. The first-order valence-corrected chi connectivity index (χ1v) is 7.03. The van der Waals surface area contributed by atoms with Gasteiger partial charge in [0.1, 0.15) is 23.3 Å². The highest BCUT2D eigenvalue weighted by Gasteiger charge is 2.11. The summed E-state index contributed by atoms with van der Waals surface area (Å²) in [6.07, 6.45) is 1.80. The number of hydrogen-bond acceptors (Lipinski definition) is 4. The Labute approximate surface area is 133 Å². The third kappa shape index (κ3) is 2.87. The van der Waals surface area contributed by atoms with Gasteiger partial charge in [0.05, 0.1) is 25.3 Å². The summed E-state index contributed by atoms with van der Waals surface area (Å²) in [5.41, 5.74) is 2.86. The number of aromatic amines is 1. The van der Waals surface area contributed by atoms with E-state index in [1.165, 1.54) is 0 Å². The van der Waals surface area contributed by atoms with Gasteiger partial charge in [-0.1, -0.05) is 12.1 Å². The SMILES string of the molecule is COc1ccc(C=C(C#N)c2n[nH]c3cc(OC)ccc23)cc1. The maximum atomic E-state index is 9.50. The topological polar surface area (TPSA) is 70.9 Å². The molecule has 0 bridgehead atoms. The van der Waals surface area contributed by atoms with Crippen LogP contribution in [0.1, 0.15) is 11.3 Å². The third-order valence-electron chi connectivity index (χ3n) is 3.57. The number of aromatic nitrogens is 2. The molecule has 0 amide bonds. The van der Waals surface area contributed by atoms with Crippen LogP contribution in [-0.2, 0) is 0 Å². The predicted octanol–water partition coefficient (Wildman–Crippen LogP) is 3.64. The first kappa shape index (κ1) is 14.7. The van der Waals surface area contributed by atoms with Crippen LogP contribution in [0, 0.1) is 11.3 Å². The van der Waals surface area contributed by atoms with E-state index in [-0.39, 0.29) is 0 Å². The number of H-pyrrole nitrogens is 1. The molecule has 0 saturated heterocycles. The van der Waals surface area contributed by atoms with Crippen molar-refractivity contribution in [3.8, 4) is 17.6 Å². The number of ether oxygens (including phenoxy) is 2. The Bertz CT molecular complexity index is 902. The Morgan fingerprint density at radius 3 is 2.43 bits per heavy atom. The number of benzene rings is 2. The van der Waals surface area contributed by atoms with E-state index in [1.807, 2.05) is 42.5 Å². The van der Waals surface area contributed by atoms with Crippen molar-refractivity contribution in [1.29, 1.82) is 5.26 Å². The van der Waals surface area contributed by atoms with E-state index in [1.54, 1.807) is 20.3 Å². The van der Waals surface area contributed by atoms with Gasteiger partial charge in [0, 0.05) is 11.5 Å². The molecule has 2 aromatic carbocycles. The van der Waals surface area contributed by atoms with Crippen molar-refractivity contribution in [2.24, 2.45) is 0 Å². The number of allylic oxidation sites excluding steroid dienone is 1. The molecule has 0 aliphatic carbocycles. The molecule has 23 heavy (non-hydrogen) atoms. The van der Waals surface area contributed by atoms with Crippen molar-refractivity contribution in [1.82, 2.24) is 10.2 Å². The molecule has 3 rings (SSSR count). The first-order valence-electron chi connectivity index (χ1n) is 7.03. The van der Waals surface area contributed by atoms with Gasteiger partial charge in [-0.2, -0.15) is 10.4 Å². The van der Waals surface area contributed by atoms with Crippen LogP contribution >= 0.6 is 0 Å². The van der Waals surface area contributed by atoms with Crippen molar-refractivity contribution in [3.05, 3.63) is 53.7 Å². The van der Waals surface area contributed by atoms with Crippen molar-refractivity contribution in [3.63, 3.8) is 0 Å². The Morgan fingerprint density at radius 2 is 1.78 bits per heavy atom. The maximum Gasteiger partial charge on any atom is 0.121 e.